The molecule has 1 aromatic rings. The van der Waals surface area contributed by atoms with Gasteiger partial charge in [0.15, 0.2) is 0 Å². The summed E-state index contributed by atoms with van der Waals surface area (Å²) in [6.45, 7) is 3.50. The number of anilines is 1. The minimum Gasteiger partial charge on any atom is -0.371 e. The van der Waals surface area contributed by atoms with Crippen LogP contribution in [-0.4, -0.2) is 20.1 Å². The van der Waals surface area contributed by atoms with E-state index in [1.807, 2.05) is 7.05 Å². The van der Waals surface area contributed by atoms with Gasteiger partial charge in [-0.25, -0.2) is 0 Å². The third-order valence-electron chi connectivity index (χ3n) is 4.47. The Balaban J connectivity index is 1.71. The molecule has 98 valence electrons. The van der Waals surface area contributed by atoms with Gasteiger partial charge >= 0.3 is 0 Å². The number of hydrogen-bond donors (Lipinski definition) is 1. The van der Waals surface area contributed by atoms with Crippen LogP contribution in [0.3, 0.4) is 0 Å². The Morgan fingerprint density at radius 2 is 2.11 bits per heavy atom. The molecular weight excluding hydrogens is 220 g/mol. The fourth-order valence-corrected chi connectivity index (χ4v) is 3.53. The fourth-order valence-electron chi connectivity index (χ4n) is 3.53. The lowest BCUT2D eigenvalue weighted by Crippen LogP contribution is -2.26. The van der Waals surface area contributed by atoms with E-state index in [4.69, 9.17) is 0 Å². The van der Waals surface area contributed by atoms with Crippen molar-refractivity contribution in [3.8, 4) is 0 Å². The fraction of sp³-hybridized carbons (Fsp3) is 0.625. The number of benzene rings is 1. The molecule has 0 unspecified atom stereocenters. The molecule has 0 atom stereocenters. The Hall–Kier alpha value is -1.02. The topological polar surface area (TPSA) is 15.3 Å². The number of hydrogen-bond acceptors (Lipinski definition) is 2. The highest BCUT2D eigenvalue weighted by molar-refractivity contribution is 5.59. The Labute approximate surface area is 110 Å². The van der Waals surface area contributed by atoms with E-state index in [1.54, 1.807) is 5.56 Å². The summed E-state index contributed by atoms with van der Waals surface area (Å²) >= 11 is 0. The van der Waals surface area contributed by atoms with Crippen molar-refractivity contribution in [3.05, 3.63) is 29.3 Å². The lowest BCUT2D eigenvalue weighted by molar-refractivity contribution is 0.538. The average molecular weight is 244 g/mol. The average Bonchev–Trinajstić information content (AvgIpc) is 3.00. The van der Waals surface area contributed by atoms with Crippen LogP contribution >= 0.6 is 0 Å². The first-order valence-corrected chi connectivity index (χ1v) is 7.38. The van der Waals surface area contributed by atoms with Crippen LogP contribution in [0.4, 0.5) is 5.69 Å². The van der Waals surface area contributed by atoms with Crippen LogP contribution < -0.4 is 10.2 Å². The first kappa shape index (κ1) is 12.0. The molecule has 1 aliphatic carbocycles. The van der Waals surface area contributed by atoms with Crippen LogP contribution in [-0.2, 0) is 13.0 Å². The normalized spacial score (nSPS) is 19.5. The second-order valence-electron chi connectivity index (χ2n) is 5.84. The largest absolute Gasteiger partial charge is 0.371 e. The van der Waals surface area contributed by atoms with Crippen molar-refractivity contribution in [2.24, 2.45) is 5.92 Å². The Bertz CT molecular complexity index is 408. The summed E-state index contributed by atoms with van der Waals surface area (Å²) in [7, 11) is 2.01. The summed E-state index contributed by atoms with van der Waals surface area (Å²) in [5.74, 6) is 0.952. The Kier molecular flexibility index (Phi) is 3.55. The molecule has 2 aliphatic rings. The summed E-state index contributed by atoms with van der Waals surface area (Å²) < 4.78 is 0. The van der Waals surface area contributed by atoms with Crippen molar-refractivity contribution in [1.82, 2.24) is 5.32 Å². The molecule has 1 heterocycles. The predicted octanol–water partition coefficient (Wildman–Crippen LogP) is 2.96. The van der Waals surface area contributed by atoms with Gasteiger partial charge in [0.05, 0.1) is 0 Å². The first-order valence-electron chi connectivity index (χ1n) is 7.38. The third kappa shape index (κ3) is 2.39. The van der Waals surface area contributed by atoms with Crippen LogP contribution in [0.1, 0.15) is 36.8 Å². The quantitative estimate of drug-likeness (QED) is 0.876. The molecule has 2 nitrogen and oxygen atoms in total. The van der Waals surface area contributed by atoms with Gasteiger partial charge in [-0.15, -0.1) is 0 Å². The molecule has 3 rings (SSSR count). The molecule has 0 spiro atoms. The maximum Gasteiger partial charge on any atom is 0.0399 e. The second kappa shape index (κ2) is 5.31. The van der Waals surface area contributed by atoms with E-state index in [9.17, 15) is 0 Å². The van der Waals surface area contributed by atoms with Gasteiger partial charge in [0.2, 0.25) is 0 Å². The van der Waals surface area contributed by atoms with Crippen molar-refractivity contribution in [2.45, 2.75) is 38.6 Å². The molecule has 1 aromatic carbocycles. The zero-order valence-corrected chi connectivity index (χ0v) is 11.4. The molecule has 0 amide bonds. The molecule has 1 N–H and O–H groups in total. The van der Waals surface area contributed by atoms with Crippen molar-refractivity contribution < 1.29 is 0 Å². The smallest absolute Gasteiger partial charge is 0.0399 e. The molecule has 1 fully saturated rings. The monoisotopic (exact) mass is 244 g/mol. The summed E-state index contributed by atoms with van der Waals surface area (Å²) in [6, 6.07) is 7.01. The molecule has 1 saturated carbocycles. The number of fused-ring (bicyclic) bond motifs is 1. The molecule has 18 heavy (non-hydrogen) atoms. The highest BCUT2D eigenvalue weighted by atomic mass is 15.1. The van der Waals surface area contributed by atoms with Crippen LogP contribution in [0.2, 0.25) is 0 Å². The standard InChI is InChI=1S/C16H24N2/c1-17-11-14-6-7-16-15(10-14)8-9-18(16)12-13-4-2-3-5-13/h6-7,10,13,17H,2-5,8-9,11-12H2,1H3. The summed E-state index contributed by atoms with van der Waals surface area (Å²) in [6.07, 6.45) is 7.03. The van der Waals surface area contributed by atoms with E-state index in [2.05, 4.69) is 28.4 Å². The van der Waals surface area contributed by atoms with Gasteiger partial charge in [0.1, 0.15) is 0 Å². The highest BCUT2D eigenvalue weighted by Crippen LogP contribution is 2.33. The second-order valence-corrected chi connectivity index (χ2v) is 5.84. The minimum absolute atomic E-state index is 0.952. The van der Waals surface area contributed by atoms with E-state index in [0.717, 1.165) is 12.5 Å². The van der Waals surface area contributed by atoms with Gasteiger partial charge in [0.25, 0.3) is 0 Å². The first-order chi connectivity index (χ1) is 8.86. The molecule has 1 aliphatic heterocycles. The zero-order chi connectivity index (χ0) is 12.4. The summed E-state index contributed by atoms with van der Waals surface area (Å²) in [5, 5.41) is 3.23. The molecule has 0 aromatic heterocycles. The van der Waals surface area contributed by atoms with Crippen molar-refractivity contribution in [1.29, 1.82) is 0 Å². The molecule has 2 heteroatoms. The van der Waals surface area contributed by atoms with E-state index >= 15 is 0 Å². The van der Waals surface area contributed by atoms with Crippen molar-refractivity contribution in [2.75, 3.05) is 25.0 Å². The maximum atomic E-state index is 3.23. The van der Waals surface area contributed by atoms with E-state index in [1.165, 1.54) is 56.4 Å². The van der Waals surface area contributed by atoms with Gasteiger partial charge < -0.3 is 10.2 Å². The zero-order valence-electron chi connectivity index (χ0n) is 11.4. The lowest BCUT2D eigenvalue weighted by Gasteiger charge is -2.23. The maximum absolute atomic E-state index is 3.23. The van der Waals surface area contributed by atoms with Crippen molar-refractivity contribution in [3.63, 3.8) is 0 Å². The van der Waals surface area contributed by atoms with Gasteiger partial charge in [-0.1, -0.05) is 25.0 Å². The Morgan fingerprint density at radius 1 is 1.28 bits per heavy atom. The Morgan fingerprint density at radius 3 is 2.89 bits per heavy atom. The molecular formula is C16H24N2. The highest BCUT2D eigenvalue weighted by Gasteiger charge is 2.23. The van der Waals surface area contributed by atoms with Gasteiger partial charge in [-0.05, 0) is 49.4 Å². The summed E-state index contributed by atoms with van der Waals surface area (Å²) in [4.78, 5) is 2.62. The number of rotatable bonds is 4. The van der Waals surface area contributed by atoms with Crippen molar-refractivity contribution >= 4 is 5.69 Å². The van der Waals surface area contributed by atoms with Crippen LogP contribution in [0, 0.1) is 5.92 Å². The number of nitrogens with zero attached hydrogens (tertiary/aromatic N) is 1. The molecule has 0 radical (unpaired) electrons. The minimum atomic E-state index is 0.952. The van der Waals surface area contributed by atoms with Gasteiger partial charge in [-0.2, -0.15) is 0 Å². The predicted molar refractivity (Wildman–Crippen MR) is 77.1 cm³/mol. The summed E-state index contributed by atoms with van der Waals surface area (Å²) in [5.41, 5.74) is 4.47. The van der Waals surface area contributed by atoms with Crippen LogP contribution in [0.15, 0.2) is 18.2 Å². The van der Waals surface area contributed by atoms with Crippen LogP contribution in [0.5, 0.6) is 0 Å². The van der Waals surface area contributed by atoms with E-state index < -0.39 is 0 Å². The van der Waals surface area contributed by atoms with E-state index in [-0.39, 0.29) is 0 Å². The van der Waals surface area contributed by atoms with Gasteiger partial charge in [-0.3, -0.25) is 0 Å². The van der Waals surface area contributed by atoms with Crippen LogP contribution in [0.25, 0.3) is 0 Å². The third-order valence-corrected chi connectivity index (χ3v) is 4.47. The molecule has 0 bridgehead atoms. The van der Waals surface area contributed by atoms with E-state index in [0.29, 0.717) is 0 Å². The molecule has 0 saturated heterocycles. The van der Waals surface area contributed by atoms with Gasteiger partial charge in [0, 0.05) is 25.3 Å². The SMILES string of the molecule is CNCc1ccc2c(c1)CCN2CC1CCCC1. The number of nitrogens with one attached hydrogen (secondary N) is 1. The lowest BCUT2D eigenvalue weighted by atomic mass is 10.1.